The maximum absolute atomic E-state index is 9.56. The van der Waals surface area contributed by atoms with Gasteiger partial charge in [0.2, 0.25) is 0 Å². The molecular formula is C9H11Cl2NO. The van der Waals surface area contributed by atoms with Crippen molar-refractivity contribution in [2.45, 2.75) is 19.4 Å². The summed E-state index contributed by atoms with van der Waals surface area (Å²) in [5.74, 6) is 0.0324. The first-order valence-electron chi connectivity index (χ1n) is 3.79. The lowest BCUT2D eigenvalue weighted by molar-refractivity contribution is 0.440. The van der Waals surface area contributed by atoms with Gasteiger partial charge in [0.05, 0.1) is 5.02 Å². The highest BCUT2D eigenvalue weighted by Crippen LogP contribution is 2.36. The van der Waals surface area contributed by atoms with Crippen LogP contribution in [0, 0.1) is 0 Å². The number of nitrogens with two attached hydrogens (primary N) is 1. The first-order valence-corrected chi connectivity index (χ1v) is 4.55. The molecule has 0 unspecified atom stereocenters. The quantitative estimate of drug-likeness (QED) is 0.764. The van der Waals surface area contributed by atoms with Crippen LogP contribution in [0.5, 0.6) is 5.75 Å². The Hall–Kier alpha value is -0.440. The molecule has 1 aromatic carbocycles. The molecule has 0 spiro atoms. The van der Waals surface area contributed by atoms with Crippen molar-refractivity contribution in [2.24, 2.45) is 5.73 Å². The molecule has 0 fully saturated rings. The van der Waals surface area contributed by atoms with Gasteiger partial charge in [-0.1, -0.05) is 23.2 Å². The van der Waals surface area contributed by atoms with Crippen molar-refractivity contribution in [3.63, 3.8) is 0 Å². The molecule has 3 N–H and O–H groups in total. The molecule has 0 atom stereocenters. The van der Waals surface area contributed by atoms with Crippen LogP contribution in [-0.4, -0.2) is 5.11 Å². The Bertz CT molecular complexity index is 308. The van der Waals surface area contributed by atoms with Crippen LogP contribution in [0.3, 0.4) is 0 Å². The third kappa shape index (κ3) is 2.27. The fraction of sp³-hybridized carbons (Fsp3) is 0.333. The molecule has 0 amide bonds. The van der Waals surface area contributed by atoms with Gasteiger partial charge < -0.3 is 10.8 Å². The summed E-state index contributed by atoms with van der Waals surface area (Å²) < 4.78 is 0. The van der Waals surface area contributed by atoms with Crippen LogP contribution < -0.4 is 5.73 Å². The lowest BCUT2D eigenvalue weighted by Gasteiger charge is -2.21. The molecular weight excluding hydrogens is 209 g/mol. The number of rotatable bonds is 1. The second-order valence-electron chi connectivity index (χ2n) is 3.50. The zero-order chi connectivity index (χ0) is 10.2. The van der Waals surface area contributed by atoms with Gasteiger partial charge in [-0.15, -0.1) is 0 Å². The highest BCUT2D eigenvalue weighted by atomic mass is 35.5. The van der Waals surface area contributed by atoms with Gasteiger partial charge in [0.1, 0.15) is 5.75 Å². The highest BCUT2D eigenvalue weighted by Gasteiger charge is 2.22. The summed E-state index contributed by atoms with van der Waals surface area (Å²) in [7, 11) is 0. The maximum Gasteiger partial charge on any atom is 0.123 e. The summed E-state index contributed by atoms with van der Waals surface area (Å²) in [6.07, 6.45) is 0. The van der Waals surface area contributed by atoms with Crippen LogP contribution in [-0.2, 0) is 5.54 Å². The first kappa shape index (κ1) is 10.6. The Labute approximate surface area is 87.3 Å². The van der Waals surface area contributed by atoms with E-state index in [1.165, 1.54) is 6.07 Å². The number of aromatic hydroxyl groups is 1. The molecule has 0 saturated heterocycles. The van der Waals surface area contributed by atoms with E-state index >= 15 is 0 Å². The van der Waals surface area contributed by atoms with E-state index in [4.69, 9.17) is 28.9 Å². The summed E-state index contributed by atoms with van der Waals surface area (Å²) in [6, 6.07) is 2.99. The van der Waals surface area contributed by atoms with Gasteiger partial charge in [0, 0.05) is 16.1 Å². The molecule has 1 rings (SSSR count). The Morgan fingerprint density at radius 1 is 1.31 bits per heavy atom. The monoisotopic (exact) mass is 219 g/mol. The summed E-state index contributed by atoms with van der Waals surface area (Å²) in [5.41, 5.74) is 5.66. The fourth-order valence-electron chi connectivity index (χ4n) is 1.20. The standard InChI is InChI=1S/C9H11Cl2NO/c1-9(2,12)8-6(11)3-5(10)4-7(8)13/h3-4,13H,12H2,1-2H3. The minimum Gasteiger partial charge on any atom is -0.507 e. The molecule has 0 aromatic heterocycles. The number of phenolic OH excluding ortho intramolecular Hbond substituents is 1. The maximum atomic E-state index is 9.56. The van der Waals surface area contributed by atoms with Crippen molar-refractivity contribution in [1.29, 1.82) is 0 Å². The molecule has 0 heterocycles. The van der Waals surface area contributed by atoms with Crippen LogP contribution in [0.2, 0.25) is 10.0 Å². The Morgan fingerprint density at radius 2 is 1.85 bits per heavy atom. The predicted octanol–water partition coefficient (Wildman–Crippen LogP) is 2.89. The lowest BCUT2D eigenvalue weighted by Crippen LogP contribution is -2.29. The second kappa shape index (κ2) is 3.37. The smallest absolute Gasteiger partial charge is 0.123 e. The third-order valence-electron chi connectivity index (χ3n) is 1.68. The average molecular weight is 220 g/mol. The van der Waals surface area contributed by atoms with Gasteiger partial charge in [-0.2, -0.15) is 0 Å². The number of hydrogen-bond donors (Lipinski definition) is 2. The number of benzene rings is 1. The van der Waals surface area contributed by atoms with Gasteiger partial charge in [0.15, 0.2) is 0 Å². The van der Waals surface area contributed by atoms with Crippen molar-refractivity contribution < 1.29 is 5.11 Å². The van der Waals surface area contributed by atoms with Crippen LogP contribution >= 0.6 is 23.2 Å². The second-order valence-corrected chi connectivity index (χ2v) is 4.35. The van der Waals surface area contributed by atoms with Gasteiger partial charge >= 0.3 is 0 Å². The van der Waals surface area contributed by atoms with Gasteiger partial charge in [0.25, 0.3) is 0 Å². The Kier molecular flexibility index (Phi) is 2.76. The van der Waals surface area contributed by atoms with Crippen molar-refractivity contribution in [3.05, 3.63) is 27.7 Å². The zero-order valence-electron chi connectivity index (χ0n) is 7.44. The van der Waals surface area contributed by atoms with Gasteiger partial charge in [-0.05, 0) is 26.0 Å². The predicted molar refractivity (Wildman–Crippen MR) is 55.3 cm³/mol. The summed E-state index contributed by atoms with van der Waals surface area (Å²) in [4.78, 5) is 0. The molecule has 72 valence electrons. The molecule has 0 saturated carbocycles. The third-order valence-corrected chi connectivity index (χ3v) is 2.19. The summed E-state index contributed by atoms with van der Waals surface area (Å²) in [6.45, 7) is 3.53. The van der Waals surface area contributed by atoms with Crippen molar-refractivity contribution >= 4 is 23.2 Å². The topological polar surface area (TPSA) is 46.2 Å². The first-order chi connectivity index (χ1) is 5.82. The van der Waals surface area contributed by atoms with E-state index in [0.717, 1.165) is 0 Å². The fourth-order valence-corrected chi connectivity index (χ4v) is 1.92. The van der Waals surface area contributed by atoms with E-state index in [2.05, 4.69) is 0 Å². The largest absolute Gasteiger partial charge is 0.507 e. The molecule has 0 aliphatic heterocycles. The zero-order valence-corrected chi connectivity index (χ0v) is 8.95. The minimum atomic E-state index is -0.675. The molecule has 0 bridgehead atoms. The lowest BCUT2D eigenvalue weighted by atomic mass is 9.95. The number of phenols is 1. The molecule has 2 nitrogen and oxygen atoms in total. The van der Waals surface area contributed by atoms with Crippen LogP contribution in [0.15, 0.2) is 12.1 Å². The SMILES string of the molecule is CC(C)(N)c1c(O)cc(Cl)cc1Cl. The Balaban J connectivity index is 3.38. The number of halogens is 2. The van der Waals surface area contributed by atoms with Gasteiger partial charge in [-0.25, -0.2) is 0 Å². The van der Waals surface area contributed by atoms with Gasteiger partial charge in [-0.3, -0.25) is 0 Å². The molecule has 1 aromatic rings. The van der Waals surface area contributed by atoms with Crippen molar-refractivity contribution in [2.75, 3.05) is 0 Å². The van der Waals surface area contributed by atoms with E-state index in [-0.39, 0.29) is 5.75 Å². The van der Waals surface area contributed by atoms with Crippen molar-refractivity contribution in [3.8, 4) is 5.75 Å². The molecule has 13 heavy (non-hydrogen) atoms. The molecule has 0 radical (unpaired) electrons. The van der Waals surface area contributed by atoms with Crippen molar-refractivity contribution in [1.82, 2.24) is 0 Å². The van der Waals surface area contributed by atoms with Crippen LogP contribution in [0.1, 0.15) is 19.4 Å². The normalized spacial score (nSPS) is 11.8. The summed E-state index contributed by atoms with van der Waals surface area (Å²) >= 11 is 11.6. The van der Waals surface area contributed by atoms with E-state index in [1.807, 2.05) is 0 Å². The van der Waals surface area contributed by atoms with E-state index in [0.29, 0.717) is 15.6 Å². The number of hydrogen-bond acceptors (Lipinski definition) is 2. The van der Waals surface area contributed by atoms with E-state index < -0.39 is 5.54 Å². The average Bonchev–Trinajstić information content (AvgIpc) is 1.78. The van der Waals surface area contributed by atoms with Crippen LogP contribution in [0.4, 0.5) is 0 Å². The van der Waals surface area contributed by atoms with E-state index in [9.17, 15) is 5.11 Å². The van der Waals surface area contributed by atoms with Crippen LogP contribution in [0.25, 0.3) is 0 Å². The highest BCUT2D eigenvalue weighted by molar-refractivity contribution is 6.35. The molecule has 0 aliphatic rings. The minimum absolute atomic E-state index is 0.0324. The molecule has 4 heteroatoms. The summed E-state index contributed by atoms with van der Waals surface area (Å²) in [5, 5.41) is 10.3. The molecule has 0 aliphatic carbocycles. The Morgan fingerprint density at radius 3 is 2.23 bits per heavy atom. The van der Waals surface area contributed by atoms with E-state index in [1.54, 1.807) is 19.9 Å².